The molecule has 0 unspecified atom stereocenters. The summed E-state index contributed by atoms with van der Waals surface area (Å²) in [7, 11) is -3.75. The van der Waals surface area contributed by atoms with E-state index >= 15 is 0 Å². The van der Waals surface area contributed by atoms with Crippen molar-refractivity contribution >= 4 is 15.9 Å². The second-order valence-electron chi connectivity index (χ2n) is 7.68. The molecule has 1 fully saturated rings. The first-order valence-electron chi connectivity index (χ1n) is 10.0. The lowest BCUT2D eigenvalue weighted by molar-refractivity contribution is -0.126. The van der Waals surface area contributed by atoms with E-state index in [4.69, 9.17) is 4.74 Å². The fourth-order valence-electron chi connectivity index (χ4n) is 3.42. The summed E-state index contributed by atoms with van der Waals surface area (Å²) in [6.07, 6.45) is 1.32. The predicted octanol–water partition coefficient (Wildman–Crippen LogP) is 3.33. The maximum Gasteiger partial charge on any atom is 0.243 e. The van der Waals surface area contributed by atoms with Crippen LogP contribution in [0.4, 0.5) is 4.39 Å². The Labute approximate surface area is 177 Å². The first-order valence-corrected chi connectivity index (χ1v) is 11.5. The Bertz CT molecular complexity index is 960. The van der Waals surface area contributed by atoms with Gasteiger partial charge in [-0.05, 0) is 68.7 Å². The highest BCUT2D eigenvalue weighted by Gasteiger charge is 2.33. The molecule has 0 bridgehead atoms. The topological polar surface area (TPSA) is 75.7 Å². The van der Waals surface area contributed by atoms with Gasteiger partial charge >= 0.3 is 0 Å². The monoisotopic (exact) mass is 434 g/mol. The van der Waals surface area contributed by atoms with Crippen molar-refractivity contribution in [3.8, 4) is 5.75 Å². The van der Waals surface area contributed by atoms with Crippen LogP contribution in [0.1, 0.15) is 32.3 Å². The molecule has 1 heterocycles. The molecule has 2 aromatic rings. The summed E-state index contributed by atoms with van der Waals surface area (Å²) in [5, 5.41) is 2.90. The van der Waals surface area contributed by atoms with Gasteiger partial charge in [0.25, 0.3) is 0 Å². The number of sulfonamides is 1. The number of nitrogens with zero attached hydrogens (tertiary/aromatic N) is 1. The van der Waals surface area contributed by atoms with Crippen molar-refractivity contribution in [2.75, 3.05) is 13.1 Å². The van der Waals surface area contributed by atoms with Gasteiger partial charge in [0.15, 0.2) is 0 Å². The van der Waals surface area contributed by atoms with Crippen molar-refractivity contribution in [2.24, 2.45) is 5.92 Å². The molecular formula is C22H27FN2O4S. The van der Waals surface area contributed by atoms with E-state index in [0.717, 1.165) is 23.4 Å². The molecule has 30 heavy (non-hydrogen) atoms. The molecule has 0 spiro atoms. The van der Waals surface area contributed by atoms with Gasteiger partial charge in [0.1, 0.15) is 11.6 Å². The molecule has 0 radical (unpaired) electrons. The van der Waals surface area contributed by atoms with Gasteiger partial charge in [-0.1, -0.05) is 12.1 Å². The number of rotatable bonds is 7. The Balaban J connectivity index is 1.58. The van der Waals surface area contributed by atoms with Crippen LogP contribution in [-0.2, 0) is 21.4 Å². The van der Waals surface area contributed by atoms with Crippen LogP contribution in [0.25, 0.3) is 0 Å². The fourth-order valence-corrected chi connectivity index (χ4v) is 4.95. The van der Waals surface area contributed by atoms with Crippen LogP contribution >= 0.6 is 0 Å². The van der Waals surface area contributed by atoms with Crippen LogP contribution in [0.5, 0.6) is 5.75 Å². The highest BCUT2D eigenvalue weighted by atomic mass is 32.2. The molecule has 0 saturated carbocycles. The minimum absolute atomic E-state index is 0.0358. The molecule has 8 heteroatoms. The summed E-state index contributed by atoms with van der Waals surface area (Å²) in [5.41, 5.74) is 0.936. The molecule has 0 aromatic heterocycles. The van der Waals surface area contributed by atoms with Crippen LogP contribution in [0.2, 0.25) is 0 Å². The summed E-state index contributed by atoms with van der Waals surface area (Å²) >= 11 is 0. The largest absolute Gasteiger partial charge is 0.491 e. The van der Waals surface area contributed by atoms with E-state index < -0.39 is 21.8 Å². The quantitative estimate of drug-likeness (QED) is 0.725. The van der Waals surface area contributed by atoms with Crippen molar-refractivity contribution in [2.45, 2.75) is 44.2 Å². The van der Waals surface area contributed by atoms with Gasteiger partial charge in [0, 0.05) is 19.6 Å². The zero-order valence-electron chi connectivity index (χ0n) is 17.2. The van der Waals surface area contributed by atoms with Gasteiger partial charge in [0.05, 0.1) is 16.9 Å². The van der Waals surface area contributed by atoms with Crippen LogP contribution in [0.15, 0.2) is 53.4 Å². The second kappa shape index (κ2) is 9.57. The molecule has 2 aromatic carbocycles. The summed E-state index contributed by atoms with van der Waals surface area (Å²) in [6.45, 7) is 4.74. The van der Waals surface area contributed by atoms with Gasteiger partial charge in [-0.3, -0.25) is 4.79 Å². The molecular weight excluding hydrogens is 407 g/mol. The Morgan fingerprint density at radius 1 is 1.17 bits per heavy atom. The van der Waals surface area contributed by atoms with E-state index in [0.29, 0.717) is 25.9 Å². The number of piperidine rings is 1. The average Bonchev–Trinajstić information content (AvgIpc) is 2.73. The summed E-state index contributed by atoms with van der Waals surface area (Å²) in [6, 6.07) is 12.3. The van der Waals surface area contributed by atoms with Gasteiger partial charge in [-0.2, -0.15) is 4.31 Å². The second-order valence-corrected chi connectivity index (χ2v) is 9.62. The third-order valence-electron chi connectivity index (χ3n) is 4.97. The molecule has 0 aliphatic carbocycles. The number of halogens is 1. The predicted molar refractivity (Wildman–Crippen MR) is 112 cm³/mol. The molecule has 1 amide bonds. The maximum absolute atomic E-state index is 13.1. The number of amides is 1. The van der Waals surface area contributed by atoms with Crippen molar-refractivity contribution in [3.05, 3.63) is 59.9 Å². The highest BCUT2D eigenvalue weighted by molar-refractivity contribution is 7.89. The first kappa shape index (κ1) is 22.2. The van der Waals surface area contributed by atoms with Crippen molar-refractivity contribution in [1.29, 1.82) is 0 Å². The van der Waals surface area contributed by atoms with Gasteiger partial charge in [-0.25, -0.2) is 12.8 Å². The van der Waals surface area contributed by atoms with E-state index in [2.05, 4.69) is 5.32 Å². The minimum atomic E-state index is -3.75. The van der Waals surface area contributed by atoms with E-state index in [-0.39, 0.29) is 23.5 Å². The highest BCUT2D eigenvalue weighted by Crippen LogP contribution is 2.24. The number of carbonyl (C=O) groups excluding carboxylic acids is 1. The van der Waals surface area contributed by atoms with Gasteiger partial charge in [0.2, 0.25) is 15.9 Å². The number of nitrogens with one attached hydrogen (secondary N) is 1. The molecule has 1 aliphatic rings. The van der Waals surface area contributed by atoms with Crippen molar-refractivity contribution in [3.63, 3.8) is 0 Å². The SMILES string of the molecule is CC(C)Oc1ccc(CNC(=O)[C@@H]2CCCN(S(=O)(=O)c3ccc(F)cc3)C2)cc1. The number of hydrogen-bond donors (Lipinski definition) is 1. The van der Waals surface area contributed by atoms with E-state index in [9.17, 15) is 17.6 Å². The molecule has 6 nitrogen and oxygen atoms in total. The lowest BCUT2D eigenvalue weighted by Crippen LogP contribution is -2.45. The minimum Gasteiger partial charge on any atom is -0.491 e. The fraction of sp³-hybridized carbons (Fsp3) is 0.409. The smallest absolute Gasteiger partial charge is 0.243 e. The zero-order valence-corrected chi connectivity index (χ0v) is 18.0. The van der Waals surface area contributed by atoms with Crippen molar-refractivity contribution in [1.82, 2.24) is 9.62 Å². The lowest BCUT2D eigenvalue weighted by Gasteiger charge is -2.31. The normalized spacial score (nSPS) is 17.7. The number of benzene rings is 2. The Hall–Kier alpha value is -2.45. The van der Waals surface area contributed by atoms with Gasteiger partial charge in [-0.15, -0.1) is 0 Å². The Kier molecular flexibility index (Phi) is 7.10. The standard InChI is InChI=1S/C22H27FN2O4S/c1-16(2)29-20-9-5-17(6-10-20)14-24-22(26)18-4-3-13-25(15-18)30(27,28)21-11-7-19(23)8-12-21/h5-12,16,18H,3-4,13-15H2,1-2H3,(H,24,26)/t18-/m1/s1. The third kappa shape index (κ3) is 5.58. The van der Waals surface area contributed by atoms with Crippen molar-refractivity contribution < 1.29 is 22.3 Å². The summed E-state index contributed by atoms with van der Waals surface area (Å²) < 4.78 is 45.7. The summed E-state index contributed by atoms with van der Waals surface area (Å²) in [5.74, 6) is -0.309. The molecule has 1 N–H and O–H groups in total. The van der Waals surface area contributed by atoms with Crippen LogP contribution in [0.3, 0.4) is 0 Å². The maximum atomic E-state index is 13.1. The van der Waals surface area contributed by atoms with Crippen LogP contribution in [-0.4, -0.2) is 37.8 Å². The van der Waals surface area contributed by atoms with Gasteiger partial charge < -0.3 is 10.1 Å². The summed E-state index contributed by atoms with van der Waals surface area (Å²) in [4.78, 5) is 12.7. The van der Waals surface area contributed by atoms with E-state index in [1.807, 2.05) is 38.1 Å². The zero-order chi connectivity index (χ0) is 21.7. The Morgan fingerprint density at radius 2 is 1.83 bits per heavy atom. The van der Waals surface area contributed by atoms with E-state index in [1.54, 1.807) is 0 Å². The lowest BCUT2D eigenvalue weighted by atomic mass is 9.99. The Morgan fingerprint density at radius 3 is 2.47 bits per heavy atom. The molecule has 1 aliphatic heterocycles. The third-order valence-corrected chi connectivity index (χ3v) is 6.85. The van der Waals surface area contributed by atoms with Crippen LogP contribution in [0, 0.1) is 11.7 Å². The first-order chi connectivity index (χ1) is 14.3. The molecule has 1 saturated heterocycles. The molecule has 162 valence electrons. The molecule has 3 rings (SSSR count). The average molecular weight is 435 g/mol. The number of carbonyl (C=O) groups is 1. The number of ether oxygens (including phenoxy) is 1. The molecule has 1 atom stereocenters. The van der Waals surface area contributed by atoms with Crippen LogP contribution < -0.4 is 10.1 Å². The number of hydrogen-bond acceptors (Lipinski definition) is 4. The van der Waals surface area contributed by atoms with E-state index in [1.165, 1.54) is 16.4 Å².